The van der Waals surface area contributed by atoms with Crippen molar-refractivity contribution in [2.45, 2.75) is 44.9 Å². The maximum absolute atomic E-state index is 11.7. The molecule has 0 aliphatic carbocycles. The molecule has 0 radical (unpaired) electrons. The molecule has 3 nitrogen and oxygen atoms in total. The largest absolute Gasteiger partial charge is 0.356 e. The van der Waals surface area contributed by atoms with Crippen LogP contribution in [0.3, 0.4) is 0 Å². The van der Waals surface area contributed by atoms with E-state index in [0.29, 0.717) is 12.3 Å². The lowest BCUT2D eigenvalue weighted by molar-refractivity contribution is -0.121. The maximum Gasteiger partial charge on any atom is 0.220 e. The Labute approximate surface area is 138 Å². The van der Waals surface area contributed by atoms with Gasteiger partial charge in [0, 0.05) is 17.8 Å². The minimum absolute atomic E-state index is 0. The van der Waals surface area contributed by atoms with Crippen LogP contribution in [0.1, 0.15) is 43.4 Å². The molecule has 1 fully saturated rings. The van der Waals surface area contributed by atoms with Crippen molar-refractivity contribution in [2.75, 3.05) is 19.6 Å². The molecular weight excluding hydrogens is 304 g/mol. The Bertz CT molecular complexity index is 378. The molecule has 1 aliphatic heterocycles. The number of thiophene rings is 1. The molecule has 1 saturated heterocycles. The summed E-state index contributed by atoms with van der Waals surface area (Å²) in [6.07, 6.45) is 7.69. The fourth-order valence-corrected chi connectivity index (χ4v) is 3.41. The number of unbranched alkanes of at least 4 members (excludes halogenated alkanes) is 2. The summed E-state index contributed by atoms with van der Waals surface area (Å²) in [5, 5.41) is 8.59. The van der Waals surface area contributed by atoms with Gasteiger partial charge in [0.25, 0.3) is 0 Å². The fraction of sp³-hybridized carbons (Fsp3) is 0.688. The van der Waals surface area contributed by atoms with E-state index in [9.17, 15) is 4.79 Å². The predicted octanol–water partition coefficient (Wildman–Crippen LogP) is 3.39. The smallest absolute Gasteiger partial charge is 0.220 e. The molecule has 5 heteroatoms. The van der Waals surface area contributed by atoms with Gasteiger partial charge in [-0.3, -0.25) is 4.79 Å². The van der Waals surface area contributed by atoms with Gasteiger partial charge in [0.2, 0.25) is 5.91 Å². The second kappa shape index (κ2) is 11.0. The molecule has 2 N–H and O–H groups in total. The van der Waals surface area contributed by atoms with Crippen LogP contribution in [0.2, 0.25) is 0 Å². The van der Waals surface area contributed by atoms with E-state index < -0.39 is 0 Å². The third kappa shape index (κ3) is 7.84. The average Bonchev–Trinajstić information content (AvgIpc) is 2.99. The number of carbonyl (C=O) groups is 1. The third-order valence-electron chi connectivity index (χ3n) is 3.89. The summed E-state index contributed by atoms with van der Waals surface area (Å²) in [6.45, 7) is 3.04. The summed E-state index contributed by atoms with van der Waals surface area (Å²) in [4.78, 5) is 13.2. The van der Waals surface area contributed by atoms with Crippen LogP contribution in [0, 0.1) is 5.92 Å². The summed E-state index contributed by atoms with van der Waals surface area (Å²) in [5.41, 5.74) is 0. The van der Waals surface area contributed by atoms with Crippen molar-refractivity contribution >= 4 is 29.7 Å². The molecule has 2 heterocycles. The highest BCUT2D eigenvalue weighted by Gasteiger charge is 2.13. The van der Waals surface area contributed by atoms with Crippen molar-refractivity contribution in [3.8, 4) is 0 Å². The average molecular weight is 331 g/mol. The van der Waals surface area contributed by atoms with Crippen LogP contribution in [-0.4, -0.2) is 25.5 Å². The van der Waals surface area contributed by atoms with Crippen molar-refractivity contribution < 1.29 is 4.79 Å². The van der Waals surface area contributed by atoms with Gasteiger partial charge < -0.3 is 10.6 Å². The first kappa shape index (κ1) is 18.5. The van der Waals surface area contributed by atoms with Gasteiger partial charge in [-0.2, -0.15) is 0 Å². The van der Waals surface area contributed by atoms with Crippen molar-refractivity contribution in [3.05, 3.63) is 22.4 Å². The Morgan fingerprint density at radius 2 is 2.29 bits per heavy atom. The van der Waals surface area contributed by atoms with Crippen molar-refractivity contribution in [1.82, 2.24) is 10.6 Å². The lowest BCUT2D eigenvalue weighted by Gasteiger charge is -2.22. The van der Waals surface area contributed by atoms with Crippen molar-refractivity contribution in [3.63, 3.8) is 0 Å². The molecule has 120 valence electrons. The topological polar surface area (TPSA) is 41.1 Å². The Kier molecular flexibility index (Phi) is 9.72. The monoisotopic (exact) mass is 330 g/mol. The lowest BCUT2D eigenvalue weighted by Crippen LogP contribution is -2.38. The standard InChI is InChI=1S/C16H26N2OS.ClH/c19-16(18-13-14-6-4-10-17-12-14)9-3-1-2-7-15-8-5-11-20-15;/h5,8,11,14,17H,1-4,6-7,9-10,12-13H2,(H,18,19);1H. The van der Waals surface area contributed by atoms with Crippen LogP contribution in [0.15, 0.2) is 17.5 Å². The first-order valence-electron chi connectivity index (χ1n) is 7.84. The van der Waals surface area contributed by atoms with Gasteiger partial charge in [0.05, 0.1) is 0 Å². The Balaban J connectivity index is 0.00000220. The van der Waals surface area contributed by atoms with E-state index in [0.717, 1.165) is 38.9 Å². The molecule has 0 spiro atoms. The molecule has 21 heavy (non-hydrogen) atoms. The molecular formula is C16H27ClN2OS. The van der Waals surface area contributed by atoms with Crippen molar-refractivity contribution in [1.29, 1.82) is 0 Å². The van der Waals surface area contributed by atoms with Gasteiger partial charge in [-0.15, -0.1) is 23.7 Å². The fourth-order valence-electron chi connectivity index (χ4n) is 2.66. The number of halogens is 1. The molecule has 1 aromatic rings. The Morgan fingerprint density at radius 3 is 3.00 bits per heavy atom. The molecule has 0 aromatic carbocycles. The zero-order valence-corrected chi connectivity index (χ0v) is 14.2. The van der Waals surface area contributed by atoms with E-state index in [-0.39, 0.29) is 18.3 Å². The quantitative estimate of drug-likeness (QED) is 0.717. The number of amides is 1. The maximum atomic E-state index is 11.7. The highest BCUT2D eigenvalue weighted by atomic mass is 35.5. The molecule has 1 unspecified atom stereocenters. The van der Waals surface area contributed by atoms with Gasteiger partial charge in [0.15, 0.2) is 0 Å². The van der Waals surface area contributed by atoms with Crippen LogP contribution >= 0.6 is 23.7 Å². The second-order valence-corrected chi connectivity index (χ2v) is 6.69. The molecule has 2 rings (SSSR count). The number of nitrogens with one attached hydrogen (secondary N) is 2. The van der Waals surface area contributed by atoms with Gasteiger partial charge >= 0.3 is 0 Å². The summed E-state index contributed by atoms with van der Waals surface area (Å²) in [7, 11) is 0. The van der Waals surface area contributed by atoms with Gasteiger partial charge in [0.1, 0.15) is 0 Å². The second-order valence-electron chi connectivity index (χ2n) is 5.66. The minimum Gasteiger partial charge on any atom is -0.356 e. The highest BCUT2D eigenvalue weighted by molar-refractivity contribution is 7.09. The summed E-state index contributed by atoms with van der Waals surface area (Å²) >= 11 is 1.83. The minimum atomic E-state index is 0. The van der Waals surface area contributed by atoms with E-state index in [1.165, 1.54) is 24.1 Å². The van der Waals surface area contributed by atoms with E-state index in [4.69, 9.17) is 0 Å². The SMILES string of the molecule is Cl.O=C(CCCCCc1cccs1)NCC1CCCNC1. The molecule has 0 saturated carbocycles. The predicted molar refractivity (Wildman–Crippen MR) is 92.3 cm³/mol. The first-order chi connectivity index (χ1) is 9.84. The van der Waals surface area contributed by atoms with E-state index >= 15 is 0 Å². The van der Waals surface area contributed by atoms with Gasteiger partial charge in [-0.25, -0.2) is 0 Å². The number of carbonyl (C=O) groups excluding carboxylic acids is 1. The van der Waals surface area contributed by atoms with Crippen molar-refractivity contribution in [2.24, 2.45) is 5.92 Å². The first-order valence-corrected chi connectivity index (χ1v) is 8.72. The summed E-state index contributed by atoms with van der Waals surface area (Å²) in [5.74, 6) is 0.859. The number of rotatable bonds is 8. The zero-order chi connectivity index (χ0) is 14.0. The van der Waals surface area contributed by atoms with Gasteiger partial charge in [-0.05, 0) is 62.6 Å². The van der Waals surface area contributed by atoms with E-state index in [1.54, 1.807) is 0 Å². The summed E-state index contributed by atoms with van der Waals surface area (Å²) in [6, 6.07) is 4.29. The number of hydrogen-bond acceptors (Lipinski definition) is 3. The Hall–Kier alpha value is -0.580. The number of hydrogen-bond donors (Lipinski definition) is 2. The molecule has 1 aromatic heterocycles. The van der Waals surface area contributed by atoms with E-state index in [1.807, 2.05) is 11.3 Å². The van der Waals surface area contributed by atoms with E-state index in [2.05, 4.69) is 28.1 Å². The van der Waals surface area contributed by atoms with Gasteiger partial charge in [-0.1, -0.05) is 12.5 Å². The Morgan fingerprint density at radius 1 is 1.38 bits per heavy atom. The zero-order valence-electron chi connectivity index (χ0n) is 12.6. The normalized spacial score (nSPS) is 18.0. The number of piperidine rings is 1. The van der Waals surface area contributed by atoms with Crippen LogP contribution in [0.4, 0.5) is 0 Å². The van der Waals surface area contributed by atoms with Crippen LogP contribution in [-0.2, 0) is 11.2 Å². The lowest BCUT2D eigenvalue weighted by atomic mass is 10.00. The number of aryl methyl sites for hydroxylation is 1. The summed E-state index contributed by atoms with van der Waals surface area (Å²) < 4.78 is 0. The molecule has 0 bridgehead atoms. The molecule has 1 amide bonds. The highest BCUT2D eigenvalue weighted by Crippen LogP contribution is 2.13. The third-order valence-corrected chi connectivity index (χ3v) is 4.83. The molecule has 1 aliphatic rings. The van der Waals surface area contributed by atoms with Crippen LogP contribution in [0.25, 0.3) is 0 Å². The molecule has 1 atom stereocenters. The van der Waals surface area contributed by atoms with Crippen LogP contribution in [0.5, 0.6) is 0 Å². The van der Waals surface area contributed by atoms with Crippen LogP contribution < -0.4 is 10.6 Å².